The largest absolute Gasteiger partial charge is 0.347 e. The Balaban J connectivity index is 1.72. The number of amides is 1. The number of carbonyl (C=O) groups excluding carboxylic acids is 2. The summed E-state index contributed by atoms with van der Waals surface area (Å²) >= 11 is 0. The Kier molecular flexibility index (Phi) is 2.32. The van der Waals surface area contributed by atoms with E-state index < -0.39 is 11.3 Å². The summed E-state index contributed by atoms with van der Waals surface area (Å²) in [5.74, 6) is -0.617. The Morgan fingerprint density at radius 3 is 2.41 bits per heavy atom. The highest BCUT2D eigenvalue weighted by Gasteiger charge is 2.53. The van der Waals surface area contributed by atoms with Gasteiger partial charge in [-0.1, -0.05) is 0 Å². The van der Waals surface area contributed by atoms with Crippen LogP contribution in [0, 0.1) is 0 Å². The molecule has 0 aromatic heterocycles. The second-order valence-electron chi connectivity index (χ2n) is 5.38. The van der Waals surface area contributed by atoms with Gasteiger partial charge in [-0.3, -0.25) is 9.59 Å². The monoisotopic (exact) mass is 239 g/mol. The molecule has 2 saturated heterocycles. The summed E-state index contributed by atoms with van der Waals surface area (Å²) in [6.45, 7) is 2.61. The van der Waals surface area contributed by atoms with Gasteiger partial charge < -0.3 is 14.8 Å². The third-order valence-electron chi connectivity index (χ3n) is 4.10. The van der Waals surface area contributed by atoms with E-state index in [0.29, 0.717) is 32.3 Å². The van der Waals surface area contributed by atoms with Gasteiger partial charge in [0.15, 0.2) is 11.6 Å². The van der Waals surface area contributed by atoms with Gasteiger partial charge in [-0.25, -0.2) is 0 Å². The van der Waals surface area contributed by atoms with Crippen LogP contribution >= 0.6 is 0 Å². The third kappa shape index (κ3) is 1.68. The van der Waals surface area contributed by atoms with Crippen LogP contribution in [-0.2, 0) is 19.1 Å². The van der Waals surface area contributed by atoms with Crippen molar-refractivity contribution in [3.63, 3.8) is 0 Å². The Morgan fingerprint density at radius 1 is 1.24 bits per heavy atom. The van der Waals surface area contributed by atoms with Crippen LogP contribution in [0.15, 0.2) is 0 Å². The molecule has 3 rings (SSSR count). The summed E-state index contributed by atoms with van der Waals surface area (Å²) in [4.78, 5) is 23.2. The van der Waals surface area contributed by atoms with Crippen molar-refractivity contribution >= 4 is 11.7 Å². The lowest BCUT2D eigenvalue weighted by Crippen LogP contribution is -2.53. The Bertz CT molecular complexity index is 371. The van der Waals surface area contributed by atoms with E-state index in [0.717, 1.165) is 0 Å². The minimum absolute atomic E-state index is 0.0309. The van der Waals surface area contributed by atoms with Crippen LogP contribution in [0.5, 0.6) is 0 Å². The molecule has 3 aliphatic rings. The smallest absolute Gasteiger partial charge is 0.228 e. The van der Waals surface area contributed by atoms with E-state index in [9.17, 15) is 9.59 Å². The molecule has 1 N–H and O–H groups in total. The minimum atomic E-state index is -0.624. The SMILES string of the molecule is CC1COC2(CCC3(CC2)NC(=O)CC3=O)O1. The lowest BCUT2D eigenvalue weighted by Gasteiger charge is -2.40. The molecule has 0 aromatic rings. The first kappa shape index (κ1) is 11.2. The molecular formula is C12H17NO4. The molecule has 2 heterocycles. The zero-order valence-corrected chi connectivity index (χ0v) is 9.95. The van der Waals surface area contributed by atoms with Crippen molar-refractivity contribution in [2.75, 3.05) is 6.61 Å². The molecule has 1 aliphatic carbocycles. The molecule has 5 nitrogen and oxygen atoms in total. The van der Waals surface area contributed by atoms with E-state index in [2.05, 4.69) is 5.32 Å². The second kappa shape index (κ2) is 3.53. The van der Waals surface area contributed by atoms with Crippen LogP contribution in [0.1, 0.15) is 39.0 Å². The van der Waals surface area contributed by atoms with Gasteiger partial charge in [0.05, 0.1) is 24.7 Å². The zero-order valence-electron chi connectivity index (χ0n) is 9.95. The molecule has 94 valence electrons. The summed E-state index contributed by atoms with van der Waals surface area (Å²) in [6.07, 6.45) is 2.78. The molecule has 1 amide bonds. The van der Waals surface area contributed by atoms with Crippen LogP contribution in [0.2, 0.25) is 0 Å². The van der Waals surface area contributed by atoms with E-state index in [-0.39, 0.29) is 24.2 Å². The molecule has 0 bridgehead atoms. The van der Waals surface area contributed by atoms with Gasteiger partial charge in [0.1, 0.15) is 0 Å². The fourth-order valence-corrected chi connectivity index (χ4v) is 3.12. The number of ketones is 1. The highest BCUT2D eigenvalue weighted by molar-refractivity contribution is 6.10. The molecule has 17 heavy (non-hydrogen) atoms. The second-order valence-corrected chi connectivity index (χ2v) is 5.38. The van der Waals surface area contributed by atoms with Gasteiger partial charge in [0.2, 0.25) is 5.91 Å². The van der Waals surface area contributed by atoms with Gasteiger partial charge in [0, 0.05) is 12.8 Å². The van der Waals surface area contributed by atoms with Crippen molar-refractivity contribution in [3.05, 3.63) is 0 Å². The number of Topliss-reactive ketones (excluding diaryl/α,β-unsaturated/α-hetero) is 1. The van der Waals surface area contributed by atoms with Crippen LogP contribution in [0.3, 0.4) is 0 Å². The highest BCUT2D eigenvalue weighted by atomic mass is 16.7. The van der Waals surface area contributed by atoms with Crippen LogP contribution < -0.4 is 5.32 Å². The summed E-state index contributed by atoms with van der Waals surface area (Å²) in [6, 6.07) is 0. The maximum absolute atomic E-state index is 11.9. The maximum atomic E-state index is 11.9. The lowest BCUT2D eigenvalue weighted by molar-refractivity contribution is -0.193. The Morgan fingerprint density at radius 2 is 1.94 bits per heavy atom. The Hall–Kier alpha value is -0.940. The molecule has 5 heteroatoms. The van der Waals surface area contributed by atoms with Crippen molar-refractivity contribution in [1.82, 2.24) is 5.32 Å². The average molecular weight is 239 g/mol. The molecule has 1 atom stereocenters. The fraction of sp³-hybridized carbons (Fsp3) is 0.833. The van der Waals surface area contributed by atoms with Crippen LogP contribution in [-0.4, -0.2) is 35.7 Å². The molecule has 3 fully saturated rings. The quantitative estimate of drug-likeness (QED) is 0.626. The summed E-state index contributed by atoms with van der Waals surface area (Å²) in [5.41, 5.74) is -0.624. The van der Waals surface area contributed by atoms with E-state index in [4.69, 9.17) is 9.47 Å². The molecule has 0 radical (unpaired) electrons. The van der Waals surface area contributed by atoms with Gasteiger partial charge in [0.25, 0.3) is 0 Å². The minimum Gasteiger partial charge on any atom is -0.347 e. The van der Waals surface area contributed by atoms with Crippen LogP contribution in [0.4, 0.5) is 0 Å². The van der Waals surface area contributed by atoms with Gasteiger partial charge in [-0.05, 0) is 19.8 Å². The third-order valence-corrected chi connectivity index (χ3v) is 4.10. The predicted molar refractivity (Wildman–Crippen MR) is 58.2 cm³/mol. The summed E-state index contributed by atoms with van der Waals surface area (Å²) in [7, 11) is 0. The lowest BCUT2D eigenvalue weighted by atomic mass is 9.77. The van der Waals surface area contributed by atoms with Crippen molar-refractivity contribution < 1.29 is 19.1 Å². The number of ether oxygens (including phenoxy) is 2. The first-order valence-corrected chi connectivity index (χ1v) is 6.20. The summed E-state index contributed by atoms with van der Waals surface area (Å²) in [5, 5.41) is 2.84. The molecule has 2 aliphatic heterocycles. The van der Waals surface area contributed by atoms with Crippen molar-refractivity contribution in [2.24, 2.45) is 0 Å². The van der Waals surface area contributed by atoms with E-state index in [1.807, 2.05) is 6.92 Å². The van der Waals surface area contributed by atoms with Crippen molar-refractivity contribution in [3.8, 4) is 0 Å². The number of hydrogen-bond acceptors (Lipinski definition) is 4. The topological polar surface area (TPSA) is 64.6 Å². The molecule has 1 saturated carbocycles. The van der Waals surface area contributed by atoms with E-state index >= 15 is 0 Å². The Labute approximate surface area is 99.8 Å². The fourth-order valence-electron chi connectivity index (χ4n) is 3.12. The van der Waals surface area contributed by atoms with Gasteiger partial charge in [-0.2, -0.15) is 0 Å². The van der Waals surface area contributed by atoms with Crippen LogP contribution in [0.25, 0.3) is 0 Å². The maximum Gasteiger partial charge on any atom is 0.228 e. The number of rotatable bonds is 0. The molecule has 0 aromatic carbocycles. The van der Waals surface area contributed by atoms with Gasteiger partial charge in [-0.15, -0.1) is 0 Å². The van der Waals surface area contributed by atoms with Gasteiger partial charge >= 0.3 is 0 Å². The average Bonchev–Trinajstić information content (AvgIpc) is 2.76. The first-order valence-electron chi connectivity index (χ1n) is 6.20. The van der Waals surface area contributed by atoms with Crippen molar-refractivity contribution in [1.29, 1.82) is 0 Å². The predicted octanol–water partition coefficient (Wildman–Crippen LogP) is 0.520. The first-order chi connectivity index (χ1) is 8.04. The number of nitrogens with one attached hydrogen (secondary N) is 1. The normalized spacial score (nSPS) is 45.8. The van der Waals surface area contributed by atoms with Crippen molar-refractivity contribution in [2.45, 2.75) is 56.5 Å². The van der Waals surface area contributed by atoms with E-state index in [1.165, 1.54) is 0 Å². The standard InChI is InChI=1S/C12H17NO4/c1-8-7-16-12(17-8)4-2-11(3-5-12)9(14)6-10(15)13-11/h8H,2-7H2,1H3,(H,13,15). The number of carbonyl (C=O) groups is 2. The highest BCUT2D eigenvalue weighted by Crippen LogP contribution is 2.43. The molecule has 2 spiro atoms. The zero-order chi connectivity index (χ0) is 12.1. The summed E-state index contributed by atoms with van der Waals surface area (Å²) < 4.78 is 11.5. The molecule has 1 unspecified atom stereocenters. The number of hydrogen-bond donors (Lipinski definition) is 1. The van der Waals surface area contributed by atoms with E-state index in [1.54, 1.807) is 0 Å². The molecular weight excluding hydrogens is 222 g/mol.